The Morgan fingerprint density at radius 3 is 2.50 bits per heavy atom. The molecule has 0 aliphatic carbocycles. The first kappa shape index (κ1) is 33.1. The van der Waals surface area contributed by atoms with Crippen molar-refractivity contribution in [2.24, 2.45) is 0 Å². The molecule has 252 valence electrons. The van der Waals surface area contributed by atoms with E-state index in [0.29, 0.717) is 29.9 Å². The zero-order valence-electron chi connectivity index (χ0n) is 27.3. The maximum atomic E-state index is 17.3. The van der Waals surface area contributed by atoms with Gasteiger partial charge in [0.25, 0.3) is 5.56 Å². The molecule has 1 saturated heterocycles. The number of aliphatic hydroxyl groups is 1. The molecule has 0 radical (unpaired) electrons. The summed E-state index contributed by atoms with van der Waals surface area (Å²) < 4.78 is 50.1. The van der Waals surface area contributed by atoms with Gasteiger partial charge in [-0.25, -0.2) is 13.2 Å². The number of aromatic hydroxyl groups is 1. The summed E-state index contributed by atoms with van der Waals surface area (Å²) in [6, 6.07) is 5.44. The molecule has 48 heavy (non-hydrogen) atoms. The number of benzene rings is 2. The highest BCUT2D eigenvalue weighted by Gasteiger charge is 2.42. The number of rotatable bonds is 7. The Morgan fingerprint density at radius 1 is 1.08 bits per heavy atom. The van der Waals surface area contributed by atoms with Gasteiger partial charge in [-0.3, -0.25) is 19.1 Å². The van der Waals surface area contributed by atoms with E-state index in [-0.39, 0.29) is 72.4 Å². The van der Waals surface area contributed by atoms with Crippen molar-refractivity contribution in [1.29, 1.82) is 0 Å². The van der Waals surface area contributed by atoms with Crippen LogP contribution in [0.25, 0.3) is 27.7 Å². The Morgan fingerprint density at radius 2 is 1.83 bits per heavy atom. The number of hydrogen-bond donors (Lipinski definition) is 2. The summed E-state index contributed by atoms with van der Waals surface area (Å²) in [5.41, 5.74) is -0.458. The van der Waals surface area contributed by atoms with Crippen LogP contribution in [-0.4, -0.2) is 75.4 Å². The summed E-state index contributed by atoms with van der Waals surface area (Å²) in [6.45, 7) is 11.9. The van der Waals surface area contributed by atoms with Crippen molar-refractivity contribution in [1.82, 2.24) is 14.5 Å². The number of aliphatic hydroxyl groups excluding tert-OH is 1. The highest BCUT2D eigenvalue weighted by molar-refractivity contribution is 6.03. The van der Waals surface area contributed by atoms with Crippen LogP contribution < -0.4 is 15.4 Å². The van der Waals surface area contributed by atoms with Crippen molar-refractivity contribution in [3.63, 3.8) is 0 Å². The lowest BCUT2D eigenvalue weighted by Crippen LogP contribution is -2.64. The van der Waals surface area contributed by atoms with Crippen molar-refractivity contribution >= 4 is 28.2 Å². The zero-order valence-corrected chi connectivity index (χ0v) is 27.3. The lowest BCUT2D eigenvalue weighted by molar-refractivity contribution is -0.128. The minimum Gasteiger partial charge on any atom is -0.507 e. The quantitative estimate of drug-likeness (QED) is 0.256. The number of pyridine rings is 2. The number of carbonyl (C=O) groups is 1. The molecule has 2 aromatic heterocycles. The largest absolute Gasteiger partial charge is 0.507 e. The molecule has 0 bridgehead atoms. The van der Waals surface area contributed by atoms with E-state index in [9.17, 15) is 15.0 Å². The third-order valence-corrected chi connectivity index (χ3v) is 9.39. The van der Waals surface area contributed by atoms with Crippen molar-refractivity contribution in [2.45, 2.75) is 52.1 Å². The van der Waals surface area contributed by atoms with Crippen molar-refractivity contribution < 1.29 is 28.2 Å². The molecule has 6 rings (SSSR count). The summed E-state index contributed by atoms with van der Waals surface area (Å²) in [6.07, 6.45) is 3.16. The van der Waals surface area contributed by atoms with Crippen LogP contribution in [0, 0.1) is 24.4 Å². The topological polar surface area (TPSA) is 102 Å². The van der Waals surface area contributed by atoms with E-state index < -0.39 is 39.9 Å². The summed E-state index contributed by atoms with van der Waals surface area (Å²) in [5, 5.41) is 20.5. The number of halogens is 3. The van der Waals surface area contributed by atoms with Crippen LogP contribution in [0.3, 0.4) is 0 Å². The number of aromatic nitrogens is 2. The molecule has 1 amide bonds. The number of piperazine rings is 1. The number of fused-ring (bicyclic) bond motifs is 5. The summed E-state index contributed by atoms with van der Waals surface area (Å²) >= 11 is 0. The van der Waals surface area contributed by atoms with Gasteiger partial charge in [-0.15, -0.1) is 0 Å². The molecular formula is C36H38F3N5O4. The van der Waals surface area contributed by atoms with Crippen LogP contribution in [0.4, 0.5) is 24.5 Å². The second kappa shape index (κ2) is 12.6. The molecule has 2 N–H and O–H groups in total. The third-order valence-electron chi connectivity index (χ3n) is 9.39. The van der Waals surface area contributed by atoms with Crippen LogP contribution in [0.2, 0.25) is 0 Å². The first-order chi connectivity index (χ1) is 22.9. The molecule has 2 aromatic carbocycles. The summed E-state index contributed by atoms with van der Waals surface area (Å²) in [7, 11) is 0. The fourth-order valence-electron chi connectivity index (χ4n) is 7.21. The normalized spacial score (nSPS) is 17.6. The minimum atomic E-state index is -1.22. The SMILES string of the molecule is C=CC(=O)N1CC2CN(CCCO)c3c(c4cc(F)c(-c5c(O)cccc5F)c(F)c4n(-c4c(C)ccnc4C(C)C)c3=O)N2CC1C. The highest BCUT2D eigenvalue weighted by Crippen LogP contribution is 2.46. The number of phenols is 1. The first-order valence-electron chi connectivity index (χ1n) is 16.0. The molecule has 2 aliphatic rings. The number of amides is 1. The number of carbonyl (C=O) groups excluding carboxylic acids is 1. The van der Waals surface area contributed by atoms with Gasteiger partial charge in [0.2, 0.25) is 5.91 Å². The molecule has 0 spiro atoms. The molecule has 12 heteroatoms. The summed E-state index contributed by atoms with van der Waals surface area (Å²) in [5.74, 6) is -4.51. The Kier molecular flexibility index (Phi) is 8.71. The van der Waals surface area contributed by atoms with Gasteiger partial charge in [0.05, 0.1) is 39.8 Å². The summed E-state index contributed by atoms with van der Waals surface area (Å²) in [4.78, 5) is 37.8. The van der Waals surface area contributed by atoms with Gasteiger partial charge < -0.3 is 24.9 Å². The Balaban J connectivity index is 1.79. The zero-order chi connectivity index (χ0) is 34.6. The minimum absolute atomic E-state index is 0.0616. The van der Waals surface area contributed by atoms with E-state index in [4.69, 9.17) is 0 Å². The molecule has 4 aromatic rings. The lowest BCUT2D eigenvalue weighted by Gasteiger charge is -2.52. The fraction of sp³-hybridized carbons (Fsp3) is 0.361. The van der Waals surface area contributed by atoms with Crippen molar-refractivity contribution in [3.8, 4) is 22.6 Å². The van der Waals surface area contributed by atoms with Crippen LogP contribution in [0.5, 0.6) is 5.75 Å². The maximum Gasteiger partial charge on any atom is 0.281 e. The van der Waals surface area contributed by atoms with Crippen molar-refractivity contribution in [2.75, 3.05) is 42.6 Å². The number of aryl methyl sites for hydroxylation is 1. The predicted molar refractivity (Wildman–Crippen MR) is 180 cm³/mol. The van der Waals surface area contributed by atoms with Gasteiger partial charge in [-0.05, 0) is 62.1 Å². The standard InChI is InChI=1S/C36H38F3N5O4/c1-6-27(47)42-18-22-17-41(13-8-14-45)35-34(43(22)16-21(42)5)23-15-25(38)29(28-24(37)9-7-10-26(28)46)30(39)33(23)44(36(35)48)32-20(4)11-12-40-31(32)19(2)3/h6-7,9-12,15,19,21-22,45-46H,1,8,13-14,16-18H2,2-5H3. The van der Waals surface area contributed by atoms with Crippen LogP contribution in [0.1, 0.15) is 44.4 Å². The average molecular weight is 662 g/mol. The van der Waals surface area contributed by atoms with Gasteiger partial charge in [0, 0.05) is 50.4 Å². The van der Waals surface area contributed by atoms with E-state index in [1.54, 1.807) is 24.1 Å². The molecular weight excluding hydrogens is 623 g/mol. The van der Waals surface area contributed by atoms with Crippen LogP contribution in [0.15, 0.2) is 54.0 Å². The van der Waals surface area contributed by atoms with Gasteiger partial charge in [0.15, 0.2) is 5.82 Å². The maximum absolute atomic E-state index is 17.3. The van der Waals surface area contributed by atoms with Gasteiger partial charge in [-0.2, -0.15) is 0 Å². The monoisotopic (exact) mass is 661 g/mol. The van der Waals surface area contributed by atoms with Crippen LogP contribution >= 0.6 is 0 Å². The number of anilines is 2. The van der Waals surface area contributed by atoms with E-state index in [1.165, 1.54) is 16.7 Å². The Labute approximate surface area is 276 Å². The molecule has 2 aliphatic heterocycles. The van der Waals surface area contributed by atoms with Gasteiger partial charge >= 0.3 is 0 Å². The number of hydrogen-bond acceptors (Lipinski definition) is 7. The smallest absolute Gasteiger partial charge is 0.281 e. The fourth-order valence-corrected chi connectivity index (χ4v) is 7.21. The number of nitrogens with zero attached hydrogens (tertiary/aromatic N) is 5. The molecule has 0 saturated carbocycles. The average Bonchev–Trinajstić information content (AvgIpc) is 3.04. The van der Waals surface area contributed by atoms with E-state index >= 15 is 18.0 Å². The molecule has 9 nitrogen and oxygen atoms in total. The molecule has 4 heterocycles. The second-order valence-electron chi connectivity index (χ2n) is 12.8. The lowest BCUT2D eigenvalue weighted by atomic mass is 9.94. The predicted octanol–water partition coefficient (Wildman–Crippen LogP) is 5.40. The van der Waals surface area contributed by atoms with E-state index in [1.807, 2.05) is 30.6 Å². The van der Waals surface area contributed by atoms with Crippen LogP contribution in [-0.2, 0) is 4.79 Å². The highest BCUT2D eigenvalue weighted by atomic mass is 19.1. The molecule has 2 atom stereocenters. The van der Waals surface area contributed by atoms with Gasteiger partial charge in [0.1, 0.15) is 23.1 Å². The second-order valence-corrected chi connectivity index (χ2v) is 12.8. The van der Waals surface area contributed by atoms with E-state index in [0.717, 1.165) is 18.2 Å². The first-order valence-corrected chi connectivity index (χ1v) is 16.0. The van der Waals surface area contributed by atoms with E-state index in [2.05, 4.69) is 11.6 Å². The molecule has 2 unspecified atom stereocenters. The number of phenolic OH excluding ortho intramolecular Hbond substituents is 1. The third kappa shape index (κ3) is 5.18. The van der Waals surface area contributed by atoms with Crippen molar-refractivity contribution in [3.05, 3.63) is 88.2 Å². The Bertz CT molecular complexity index is 1990. The Hall–Kier alpha value is -4.84. The van der Waals surface area contributed by atoms with Gasteiger partial charge in [-0.1, -0.05) is 26.5 Å². The molecule has 1 fully saturated rings.